The van der Waals surface area contributed by atoms with Gasteiger partial charge in [-0.25, -0.2) is 9.37 Å². The Hall–Kier alpha value is -2.44. The molecular formula is C18H14ClFN2O2S. The van der Waals surface area contributed by atoms with Crippen LogP contribution in [0.3, 0.4) is 0 Å². The number of thiazole rings is 1. The molecule has 3 aromatic rings. The minimum atomic E-state index is -0.350. The molecule has 1 N–H and O–H groups in total. The van der Waals surface area contributed by atoms with E-state index in [1.165, 1.54) is 17.4 Å². The third kappa shape index (κ3) is 4.78. The van der Waals surface area contributed by atoms with Gasteiger partial charge in [0.05, 0.1) is 0 Å². The Kier molecular flexibility index (Phi) is 5.63. The van der Waals surface area contributed by atoms with E-state index < -0.39 is 0 Å². The van der Waals surface area contributed by atoms with E-state index in [1.807, 2.05) is 0 Å². The molecule has 4 nitrogen and oxygen atoms in total. The molecule has 1 amide bonds. The Bertz CT molecular complexity index is 868. The summed E-state index contributed by atoms with van der Waals surface area (Å²) < 4.78 is 19.1. The van der Waals surface area contributed by atoms with Crippen LogP contribution < -0.4 is 10.1 Å². The van der Waals surface area contributed by atoms with Gasteiger partial charge in [-0.1, -0.05) is 29.8 Å². The second kappa shape index (κ2) is 8.09. The van der Waals surface area contributed by atoms with Crippen molar-refractivity contribution in [1.29, 1.82) is 0 Å². The smallest absolute Gasteiger partial charge is 0.271 e. The van der Waals surface area contributed by atoms with Gasteiger partial charge in [-0.3, -0.25) is 4.79 Å². The highest BCUT2D eigenvalue weighted by Gasteiger charge is 2.12. The van der Waals surface area contributed by atoms with Crippen molar-refractivity contribution in [2.24, 2.45) is 0 Å². The lowest BCUT2D eigenvalue weighted by Gasteiger charge is -2.05. The predicted octanol–water partition coefficient (Wildman–Crippen LogP) is 4.44. The normalized spacial score (nSPS) is 10.5. The van der Waals surface area contributed by atoms with Crippen LogP contribution >= 0.6 is 22.9 Å². The van der Waals surface area contributed by atoms with Crippen molar-refractivity contribution in [3.05, 3.63) is 81.0 Å². The lowest BCUT2D eigenvalue weighted by atomic mass is 10.2. The fourth-order valence-corrected chi connectivity index (χ4v) is 2.88. The molecule has 0 unspecified atom stereocenters. The number of benzene rings is 2. The monoisotopic (exact) mass is 376 g/mol. The van der Waals surface area contributed by atoms with E-state index >= 15 is 0 Å². The number of aromatic nitrogens is 1. The quantitative estimate of drug-likeness (QED) is 0.691. The van der Waals surface area contributed by atoms with Crippen LogP contribution in [-0.4, -0.2) is 10.9 Å². The molecule has 128 valence electrons. The van der Waals surface area contributed by atoms with Crippen molar-refractivity contribution >= 4 is 28.8 Å². The van der Waals surface area contributed by atoms with Gasteiger partial charge in [0.25, 0.3) is 5.91 Å². The molecule has 0 spiro atoms. The number of ether oxygens (including phenoxy) is 1. The molecular weight excluding hydrogens is 363 g/mol. The molecule has 1 aromatic heterocycles. The van der Waals surface area contributed by atoms with Crippen LogP contribution in [0.1, 0.15) is 21.1 Å². The van der Waals surface area contributed by atoms with Crippen molar-refractivity contribution < 1.29 is 13.9 Å². The van der Waals surface area contributed by atoms with Gasteiger partial charge in [0.15, 0.2) is 0 Å². The minimum absolute atomic E-state index is 0.111. The van der Waals surface area contributed by atoms with E-state index in [-0.39, 0.29) is 30.6 Å². The first kappa shape index (κ1) is 17.4. The highest BCUT2D eigenvalue weighted by atomic mass is 35.5. The van der Waals surface area contributed by atoms with Crippen LogP contribution in [0, 0.1) is 5.82 Å². The number of amides is 1. The fourth-order valence-electron chi connectivity index (χ4n) is 2.07. The number of nitrogens with zero attached hydrogens (tertiary/aromatic N) is 1. The maximum Gasteiger partial charge on any atom is 0.271 e. The Morgan fingerprint density at radius 3 is 2.72 bits per heavy atom. The van der Waals surface area contributed by atoms with Gasteiger partial charge in [0.2, 0.25) is 0 Å². The summed E-state index contributed by atoms with van der Waals surface area (Å²) in [5.74, 6) is -0.0273. The molecule has 0 bridgehead atoms. The standard InChI is InChI=1S/C18H14ClFN2O2S/c19-13-5-7-14(8-6-13)24-10-17-22-16(11-25-17)18(23)21-9-12-3-1-2-4-15(12)20/h1-8,11H,9-10H2,(H,21,23). The van der Waals surface area contributed by atoms with E-state index in [4.69, 9.17) is 16.3 Å². The maximum atomic E-state index is 13.5. The van der Waals surface area contributed by atoms with Crippen LogP contribution in [0.5, 0.6) is 5.75 Å². The number of rotatable bonds is 6. The molecule has 0 aliphatic rings. The Morgan fingerprint density at radius 1 is 1.20 bits per heavy atom. The zero-order valence-electron chi connectivity index (χ0n) is 13.0. The summed E-state index contributed by atoms with van der Waals surface area (Å²) in [6.07, 6.45) is 0. The number of hydrogen-bond donors (Lipinski definition) is 1. The first-order chi connectivity index (χ1) is 12.1. The molecule has 0 saturated carbocycles. The predicted molar refractivity (Wildman–Crippen MR) is 95.5 cm³/mol. The number of nitrogens with one attached hydrogen (secondary N) is 1. The summed E-state index contributed by atoms with van der Waals surface area (Å²) >= 11 is 7.14. The molecule has 1 heterocycles. The van der Waals surface area contributed by atoms with Gasteiger partial charge in [-0.05, 0) is 30.3 Å². The largest absolute Gasteiger partial charge is 0.486 e. The number of carbonyl (C=O) groups excluding carboxylic acids is 1. The molecule has 0 fully saturated rings. The Labute approximate surface area is 153 Å². The van der Waals surface area contributed by atoms with Gasteiger partial charge in [-0.15, -0.1) is 11.3 Å². The van der Waals surface area contributed by atoms with Gasteiger partial charge >= 0.3 is 0 Å². The lowest BCUT2D eigenvalue weighted by molar-refractivity contribution is 0.0946. The molecule has 0 aliphatic carbocycles. The lowest BCUT2D eigenvalue weighted by Crippen LogP contribution is -2.23. The van der Waals surface area contributed by atoms with Crippen LogP contribution in [0.15, 0.2) is 53.9 Å². The van der Waals surface area contributed by atoms with Crippen molar-refractivity contribution in [3.63, 3.8) is 0 Å². The zero-order chi connectivity index (χ0) is 17.6. The minimum Gasteiger partial charge on any atom is -0.486 e. The maximum absolute atomic E-state index is 13.5. The van der Waals surface area contributed by atoms with Crippen molar-refractivity contribution in [3.8, 4) is 5.75 Å². The molecule has 0 aliphatic heterocycles. The number of halogens is 2. The van der Waals surface area contributed by atoms with Crippen LogP contribution in [0.25, 0.3) is 0 Å². The molecule has 2 aromatic carbocycles. The van der Waals surface area contributed by atoms with Crippen molar-refractivity contribution in [2.45, 2.75) is 13.2 Å². The van der Waals surface area contributed by atoms with Gasteiger partial charge < -0.3 is 10.1 Å². The van der Waals surface area contributed by atoms with Crippen LogP contribution in [0.4, 0.5) is 4.39 Å². The summed E-state index contributed by atoms with van der Waals surface area (Å²) in [5.41, 5.74) is 0.716. The topological polar surface area (TPSA) is 51.2 Å². The number of carbonyl (C=O) groups is 1. The fraction of sp³-hybridized carbons (Fsp3) is 0.111. The van der Waals surface area contributed by atoms with Gasteiger partial charge in [0, 0.05) is 22.5 Å². The molecule has 0 radical (unpaired) electrons. The highest BCUT2D eigenvalue weighted by Crippen LogP contribution is 2.18. The third-order valence-electron chi connectivity index (χ3n) is 3.36. The molecule has 0 atom stereocenters. The molecule has 7 heteroatoms. The second-order valence-corrected chi connectivity index (χ2v) is 6.52. The molecule has 25 heavy (non-hydrogen) atoms. The number of hydrogen-bond acceptors (Lipinski definition) is 4. The van der Waals surface area contributed by atoms with Crippen molar-refractivity contribution in [1.82, 2.24) is 10.3 Å². The SMILES string of the molecule is O=C(NCc1ccccc1F)c1csc(COc2ccc(Cl)cc2)n1. The zero-order valence-corrected chi connectivity index (χ0v) is 14.6. The van der Waals surface area contributed by atoms with Gasteiger partial charge in [0.1, 0.15) is 28.9 Å². The van der Waals surface area contributed by atoms with Gasteiger partial charge in [-0.2, -0.15) is 0 Å². The van der Waals surface area contributed by atoms with E-state index in [9.17, 15) is 9.18 Å². The summed E-state index contributed by atoms with van der Waals surface area (Å²) in [5, 5.41) is 5.62. The summed E-state index contributed by atoms with van der Waals surface area (Å²) in [6.45, 7) is 0.368. The van der Waals surface area contributed by atoms with Crippen LogP contribution in [-0.2, 0) is 13.2 Å². The first-order valence-corrected chi connectivity index (χ1v) is 8.72. The van der Waals surface area contributed by atoms with Crippen LogP contribution in [0.2, 0.25) is 5.02 Å². The highest BCUT2D eigenvalue weighted by molar-refractivity contribution is 7.09. The molecule has 0 saturated heterocycles. The van der Waals surface area contributed by atoms with E-state index in [2.05, 4.69) is 10.3 Å². The summed E-state index contributed by atoms with van der Waals surface area (Å²) in [6, 6.07) is 13.3. The molecule has 3 rings (SSSR count). The Balaban J connectivity index is 1.54. The van der Waals surface area contributed by atoms with E-state index in [0.717, 1.165) is 0 Å². The Morgan fingerprint density at radius 2 is 1.96 bits per heavy atom. The van der Waals surface area contributed by atoms with E-state index in [0.29, 0.717) is 21.3 Å². The average molecular weight is 377 g/mol. The first-order valence-electron chi connectivity index (χ1n) is 7.46. The van der Waals surface area contributed by atoms with Crippen molar-refractivity contribution in [2.75, 3.05) is 0 Å². The summed E-state index contributed by atoms with van der Waals surface area (Å²) in [7, 11) is 0. The van der Waals surface area contributed by atoms with E-state index in [1.54, 1.807) is 47.8 Å². The summed E-state index contributed by atoms with van der Waals surface area (Å²) in [4.78, 5) is 16.3. The average Bonchev–Trinajstić information content (AvgIpc) is 3.09. The second-order valence-electron chi connectivity index (χ2n) is 5.14. The third-order valence-corrected chi connectivity index (χ3v) is 4.43.